The average molecular weight is 354 g/mol. The van der Waals surface area contributed by atoms with Crippen molar-refractivity contribution in [1.82, 2.24) is 0 Å². The van der Waals surface area contributed by atoms with E-state index in [4.69, 9.17) is 11.6 Å². The van der Waals surface area contributed by atoms with E-state index in [1.807, 2.05) is 54.6 Å². The first-order valence-corrected chi connectivity index (χ1v) is 7.54. The molecule has 0 fully saturated rings. The molecule has 0 N–H and O–H groups in total. The minimum atomic E-state index is -0.471. The summed E-state index contributed by atoms with van der Waals surface area (Å²) in [5.41, 5.74) is 0.964. The van der Waals surface area contributed by atoms with Crippen LogP contribution in [0.5, 0.6) is 0 Å². The fourth-order valence-electron chi connectivity index (χ4n) is 1.50. The molecule has 19 heavy (non-hydrogen) atoms. The molecule has 0 heterocycles. The van der Waals surface area contributed by atoms with Crippen LogP contribution in [0.25, 0.3) is 4.91 Å². The molecule has 1 nitrogen and oxygen atoms in total. The molecule has 0 amide bonds. The van der Waals surface area contributed by atoms with Crippen LogP contribution in [-0.2, 0) is 4.79 Å². The molecule has 0 atom stereocenters. The van der Waals surface area contributed by atoms with E-state index >= 15 is 0 Å². The van der Waals surface area contributed by atoms with Crippen LogP contribution < -0.4 is 0 Å². The Hall–Kier alpha value is -1.03. The van der Waals surface area contributed by atoms with Crippen molar-refractivity contribution in [3.05, 3.63) is 70.7 Å². The van der Waals surface area contributed by atoms with E-state index in [1.54, 1.807) is 0 Å². The normalized spacial score (nSPS) is 11.4. The van der Waals surface area contributed by atoms with Crippen molar-refractivity contribution in [3.8, 4) is 0 Å². The van der Waals surface area contributed by atoms with E-state index in [-0.39, 0.29) is 0 Å². The van der Waals surface area contributed by atoms with Crippen molar-refractivity contribution in [2.45, 2.75) is 4.90 Å². The summed E-state index contributed by atoms with van der Waals surface area (Å²) in [7, 11) is 0. The molecule has 0 radical (unpaired) electrons. The number of carbonyl (C=O) groups is 1. The molecule has 0 aliphatic carbocycles. The van der Waals surface area contributed by atoms with Gasteiger partial charge in [0.25, 0.3) is 0 Å². The maximum absolute atomic E-state index is 11.2. The van der Waals surface area contributed by atoms with Gasteiger partial charge in [0.2, 0.25) is 5.24 Å². The van der Waals surface area contributed by atoms with Gasteiger partial charge in [-0.1, -0.05) is 58.0 Å². The monoisotopic (exact) mass is 352 g/mol. The van der Waals surface area contributed by atoms with Gasteiger partial charge in [-0.25, -0.2) is 0 Å². The number of carbonyl (C=O) groups excluding carboxylic acids is 1. The van der Waals surface area contributed by atoms with E-state index < -0.39 is 5.24 Å². The summed E-state index contributed by atoms with van der Waals surface area (Å²) in [5, 5.41) is -0.471. The Balaban J connectivity index is 2.32. The summed E-state index contributed by atoms with van der Waals surface area (Å²) >= 11 is 10.4. The van der Waals surface area contributed by atoms with Gasteiger partial charge in [-0.15, -0.1) is 0 Å². The predicted molar refractivity (Wildman–Crippen MR) is 85.3 cm³/mol. The Labute approximate surface area is 129 Å². The van der Waals surface area contributed by atoms with Gasteiger partial charge >= 0.3 is 0 Å². The molecule has 0 bridgehead atoms. The van der Waals surface area contributed by atoms with Gasteiger partial charge in [-0.05, 0) is 41.4 Å². The number of rotatable bonds is 4. The third-order valence-corrected chi connectivity index (χ3v) is 4.06. The van der Waals surface area contributed by atoms with Crippen LogP contribution in [0, 0.1) is 0 Å². The first kappa shape index (κ1) is 14.4. The number of allylic oxidation sites excluding steroid dienone is 1. The molecule has 2 aromatic carbocycles. The Morgan fingerprint density at radius 1 is 1.05 bits per heavy atom. The quantitative estimate of drug-likeness (QED) is 0.419. The lowest BCUT2D eigenvalue weighted by molar-refractivity contribution is -0.107. The largest absolute Gasteiger partial charge is 0.276 e. The molecule has 2 aromatic rings. The summed E-state index contributed by atoms with van der Waals surface area (Å²) in [5.74, 6) is 0. The van der Waals surface area contributed by atoms with Crippen molar-refractivity contribution in [1.29, 1.82) is 0 Å². The fraction of sp³-hybridized carbons (Fsp3) is 0. The molecular weight excluding hydrogens is 344 g/mol. The highest BCUT2D eigenvalue weighted by molar-refractivity contribution is 9.10. The van der Waals surface area contributed by atoms with E-state index in [1.165, 1.54) is 17.8 Å². The SMILES string of the molecule is O=C(Cl)C=C(Sc1ccccc1)c1ccc(Br)cc1. The maximum Gasteiger partial charge on any atom is 0.246 e. The summed E-state index contributed by atoms with van der Waals surface area (Å²) in [6.07, 6.45) is 1.45. The molecule has 0 unspecified atom stereocenters. The fourth-order valence-corrected chi connectivity index (χ4v) is 2.91. The van der Waals surface area contributed by atoms with Gasteiger partial charge in [-0.2, -0.15) is 0 Å². The number of hydrogen-bond acceptors (Lipinski definition) is 2. The van der Waals surface area contributed by atoms with Crippen LogP contribution in [0.4, 0.5) is 0 Å². The standard InChI is InChI=1S/C15H10BrClOS/c16-12-8-6-11(7-9-12)14(10-15(17)18)19-13-4-2-1-3-5-13/h1-10H. The Morgan fingerprint density at radius 2 is 1.68 bits per heavy atom. The van der Waals surface area contributed by atoms with Gasteiger partial charge in [0.05, 0.1) is 0 Å². The topological polar surface area (TPSA) is 17.1 Å². The van der Waals surface area contributed by atoms with Gasteiger partial charge in [0.15, 0.2) is 0 Å². The minimum absolute atomic E-state index is 0.471. The highest BCUT2D eigenvalue weighted by atomic mass is 79.9. The zero-order chi connectivity index (χ0) is 13.7. The first-order chi connectivity index (χ1) is 9.15. The summed E-state index contributed by atoms with van der Waals surface area (Å²) < 4.78 is 0.998. The first-order valence-electron chi connectivity index (χ1n) is 5.55. The zero-order valence-electron chi connectivity index (χ0n) is 9.85. The van der Waals surface area contributed by atoms with Crippen molar-refractivity contribution < 1.29 is 4.79 Å². The van der Waals surface area contributed by atoms with Crippen molar-refractivity contribution in [2.75, 3.05) is 0 Å². The highest BCUT2D eigenvalue weighted by Gasteiger charge is 2.06. The van der Waals surface area contributed by atoms with Gasteiger partial charge < -0.3 is 0 Å². The van der Waals surface area contributed by atoms with Crippen molar-refractivity contribution in [3.63, 3.8) is 0 Å². The van der Waals surface area contributed by atoms with Gasteiger partial charge in [-0.3, -0.25) is 4.79 Å². The van der Waals surface area contributed by atoms with E-state index in [0.717, 1.165) is 19.8 Å². The van der Waals surface area contributed by atoms with E-state index in [0.29, 0.717) is 0 Å². The van der Waals surface area contributed by atoms with Crippen LogP contribution in [-0.4, -0.2) is 5.24 Å². The molecule has 0 aliphatic rings. The number of thioether (sulfide) groups is 1. The molecule has 0 saturated carbocycles. The number of benzene rings is 2. The van der Waals surface area contributed by atoms with Crippen LogP contribution in [0.2, 0.25) is 0 Å². The second-order valence-corrected chi connectivity index (χ2v) is 6.14. The minimum Gasteiger partial charge on any atom is -0.276 e. The highest BCUT2D eigenvalue weighted by Crippen LogP contribution is 2.34. The summed E-state index contributed by atoms with van der Waals surface area (Å²) in [6.45, 7) is 0. The summed E-state index contributed by atoms with van der Waals surface area (Å²) in [6, 6.07) is 17.7. The third kappa shape index (κ3) is 4.53. The molecule has 4 heteroatoms. The van der Waals surface area contributed by atoms with Gasteiger partial charge in [0, 0.05) is 20.3 Å². The molecule has 0 aliphatic heterocycles. The molecule has 0 aromatic heterocycles. The maximum atomic E-state index is 11.2. The second-order valence-electron chi connectivity index (χ2n) is 3.73. The lowest BCUT2D eigenvalue weighted by Gasteiger charge is -2.07. The zero-order valence-corrected chi connectivity index (χ0v) is 13.0. The predicted octanol–water partition coefficient (Wildman–Crippen LogP) is 5.35. The Bertz CT molecular complexity index is 593. The van der Waals surface area contributed by atoms with E-state index in [9.17, 15) is 4.79 Å². The van der Waals surface area contributed by atoms with Crippen LogP contribution in [0.3, 0.4) is 0 Å². The Kier molecular flexibility index (Phi) is 5.25. The van der Waals surface area contributed by atoms with Crippen LogP contribution in [0.15, 0.2) is 70.0 Å². The number of halogens is 2. The molecule has 2 rings (SSSR count). The van der Waals surface area contributed by atoms with Crippen LogP contribution >= 0.6 is 39.3 Å². The van der Waals surface area contributed by atoms with Gasteiger partial charge in [0.1, 0.15) is 0 Å². The van der Waals surface area contributed by atoms with Crippen molar-refractivity contribution in [2.24, 2.45) is 0 Å². The molecule has 96 valence electrons. The third-order valence-electron chi connectivity index (χ3n) is 2.34. The smallest absolute Gasteiger partial charge is 0.246 e. The summed E-state index contributed by atoms with van der Waals surface area (Å²) in [4.78, 5) is 13.0. The lowest BCUT2D eigenvalue weighted by Crippen LogP contribution is -1.85. The van der Waals surface area contributed by atoms with Crippen LogP contribution in [0.1, 0.15) is 5.56 Å². The Morgan fingerprint density at radius 3 is 2.26 bits per heavy atom. The molecule has 0 spiro atoms. The average Bonchev–Trinajstić information content (AvgIpc) is 2.39. The van der Waals surface area contributed by atoms with Crippen molar-refractivity contribution >= 4 is 49.4 Å². The molecular formula is C15H10BrClOS. The molecule has 0 saturated heterocycles. The van der Waals surface area contributed by atoms with E-state index in [2.05, 4.69) is 15.9 Å². The second kappa shape index (κ2) is 6.94. The number of hydrogen-bond donors (Lipinski definition) is 0. The lowest BCUT2D eigenvalue weighted by atomic mass is 10.2.